The summed E-state index contributed by atoms with van der Waals surface area (Å²) in [5, 5.41) is 8.43. The van der Waals surface area contributed by atoms with Gasteiger partial charge in [-0.25, -0.2) is 0 Å². The van der Waals surface area contributed by atoms with E-state index in [1.54, 1.807) is 11.8 Å². The number of hydrogen-bond donors (Lipinski definition) is 2. The second-order valence-corrected chi connectivity index (χ2v) is 2.71. The van der Waals surface area contributed by atoms with E-state index in [4.69, 9.17) is 10.8 Å². The number of thioether (sulfide) groups is 1. The van der Waals surface area contributed by atoms with E-state index >= 15 is 0 Å². The van der Waals surface area contributed by atoms with E-state index in [0.29, 0.717) is 0 Å². The van der Waals surface area contributed by atoms with Crippen molar-refractivity contribution in [2.75, 3.05) is 18.6 Å². The summed E-state index contributed by atoms with van der Waals surface area (Å²) >= 11 is 1.75. The van der Waals surface area contributed by atoms with Gasteiger partial charge in [0, 0.05) is 6.04 Å². The summed E-state index contributed by atoms with van der Waals surface area (Å²) in [7, 11) is 0. The minimum atomic E-state index is -0.0116. The average Bonchev–Trinajstić information content (AvgIpc) is 1.83. The number of halogens is 1. The third-order valence-electron chi connectivity index (χ3n) is 0.927. The molecule has 0 spiro atoms. The van der Waals surface area contributed by atoms with Gasteiger partial charge in [-0.3, -0.25) is 0 Å². The zero-order valence-corrected chi connectivity index (χ0v) is 7.17. The van der Waals surface area contributed by atoms with Crippen LogP contribution in [0.15, 0.2) is 0 Å². The summed E-state index contributed by atoms with van der Waals surface area (Å²) in [5.74, 6) is 1.04. The molecule has 0 fully saturated rings. The Morgan fingerprint density at radius 2 is 2.22 bits per heavy atom. The van der Waals surface area contributed by atoms with Gasteiger partial charge in [0.15, 0.2) is 0 Å². The Morgan fingerprint density at radius 3 is 2.56 bits per heavy atom. The molecule has 0 radical (unpaired) electrons. The Balaban J connectivity index is 0. The lowest BCUT2D eigenvalue weighted by molar-refractivity contribution is 0.264. The van der Waals surface area contributed by atoms with Crippen LogP contribution in [0.3, 0.4) is 0 Å². The Kier molecular flexibility index (Phi) is 11.7. The lowest BCUT2D eigenvalue weighted by Gasteiger charge is -2.03. The molecule has 0 bridgehead atoms. The quantitative estimate of drug-likeness (QED) is 0.647. The first-order valence-electron chi connectivity index (χ1n) is 2.66. The molecule has 3 N–H and O–H groups in total. The standard InChI is InChI=1S/C5H13NOS.ClH/c1-8-3-2-5(6)4-7;/h5,7H,2-4,6H2,1H3;1H. The molecule has 1 unspecified atom stereocenters. The number of rotatable bonds is 4. The molecule has 0 saturated carbocycles. The van der Waals surface area contributed by atoms with Crippen molar-refractivity contribution in [2.45, 2.75) is 12.5 Å². The molecule has 4 heteroatoms. The summed E-state index contributed by atoms with van der Waals surface area (Å²) in [4.78, 5) is 0. The molecule has 0 aromatic rings. The molecular weight excluding hydrogens is 158 g/mol. The summed E-state index contributed by atoms with van der Waals surface area (Å²) in [6.45, 7) is 0.112. The monoisotopic (exact) mass is 171 g/mol. The minimum absolute atomic E-state index is 0. The third kappa shape index (κ3) is 8.56. The van der Waals surface area contributed by atoms with E-state index in [-0.39, 0.29) is 25.1 Å². The van der Waals surface area contributed by atoms with Gasteiger partial charge in [0.05, 0.1) is 6.61 Å². The van der Waals surface area contributed by atoms with Crippen LogP contribution >= 0.6 is 24.2 Å². The Bertz CT molecular complexity index is 56.2. The van der Waals surface area contributed by atoms with Gasteiger partial charge in [0.1, 0.15) is 0 Å². The lowest BCUT2D eigenvalue weighted by atomic mass is 10.3. The van der Waals surface area contributed by atoms with Gasteiger partial charge in [-0.1, -0.05) is 0 Å². The molecular formula is C5H14ClNOS. The smallest absolute Gasteiger partial charge is 0.0582 e. The van der Waals surface area contributed by atoms with E-state index in [0.717, 1.165) is 12.2 Å². The Hall–Kier alpha value is 0.560. The molecule has 0 aliphatic carbocycles. The highest BCUT2D eigenvalue weighted by Gasteiger charge is 1.96. The first-order valence-corrected chi connectivity index (χ1v) is 4.06. The zero-order valence-electron chi connectivity index (χ0n) is 5.54. The van der Waals surface area contributed by atoms with E-state index in [2.05, 4.69) is 0 Å². The highest BCUT2D eigenvalue weighted by Crippen LogP contribution is 1.96. The summed E-state index contributed by atoms with van der Waals surface area (Å²) < 4.78 is 0. The van der Waals surface area contributed by atoms with E-state index < -0.39 is 0 Å². The molecule has 0 amide bonds. The second-order valence-electron chi connectivity index (χ2n) is 1.72. The largest absolute Gasteiger partial charge is 0.395 e. The molecule has 0 aromatic heterocycles. The summed E-state index contributed by atoms with van der Waals surface area (Å²) in [6.07, 6.45) is 2.95. The van der Waals surface area contributed by atoms with Crippen LogP contribution in [0.4, 0.5) is 0 Å². The molecule has 0 aliphatic heterocycles. The van der Waals surface area contributed by atoms with E-state index in [9.17, 15) is 0 Å². The first kappa shape index (κ1) is 12.3. The van der Waals surface area contributed by atoms with Gasteiger partial charge in [0.2, 0.25) is 0 Å². The van der Waals surface area contributed by atoms with Crippen molar-refractivity contribution in [3.05, 3.63) is 0 Å². The zero-order chi connectivity index (χ0) is 6.41. The van der Waals surface area contributed by atoms with Crippen LogP contribution in [0.25, 0.3) is 0 Å². The van der Waals surface area contributed by atoms with Crippen molar-refractivity contribution in [3.8, 4) is 0 Å². The van der Waals surface area contributed by atoms with Crippen molar-refractivity contribution >= 4 is 24.2 Å². The normalized spacial score (nSPS) is 12.3. The SMILES string of the molecule is CSCCC(N)CO.Cl. The fraction of sp³-hybridized carbons (Fsp3) is 1.00. The van der Waals surface area contributed by atoms with Gasteiger partial charge in [-0.05, 0) is 18.4 Å². The van der Waals surface area contributed by atoms with E-state index in [1.807, 2.05) is 6.26 Å². The fourth-order valence-electron chi connectivity index (χ4n) is 0.361. The maximum Gasteiger partial charge on any atom is 0.0582 e. The van der Waals surface area contributed by atoms with Gasteiger partial charge >= 0.3 is 0 Å². The van der Waals surface area contributed by atoms with Crippen molar-refractivity contribution < 1.29 is 5.11 Å². The predicted molar refractivity (Wildman–Crippen MR) is 45.3 cm³/mol. The van der Waals surface area contributed by atoms with Crippen LogP contribution in [0.5, 0.6) is 0 Å². The topological polar surface area (TPSA) is 46.2 Å². The highest BCUT2D eigenvalue weighted by atomic mass is 35.5. The van der Waals surface area contributed by atoms with Crippen LogP contribution in [-0.2, 0) is 0 Å². The predicted octanol–water partition coefficient (Wildman–Crippen LogP) is 0.481. The first-order chi connectivity index (χ1) is 3.81. The number of aliphatic hydroxyl groups excluding tert-OH is 1. The number of aliphatic hydroxyl groups is 1. The van der Waals surface area contributed by atoms with Crippen LogP contribution in [0, 0.1) is 0 Å². The Labute approximate surface area is 66.6 Å². The average molecular weight is 172 g/mol. The fourth-order valence-corrected chi connectivity index (χ4v) is 0.899. The van der Waals surface area contributed by atoms with Crippen LogP contribution in [0.2, 0.25) is 0 Å². The van der Waals surface area contributed by atoms with Gasteiger partial charge < -0.3 is 10.8 Å². The molecule has 0 aliphatic rings. The minimum Gasteiger partial charge on any atom is -0.395 e. The van der Waals surface area contributed by atoms with Crippen LogP contribution in [0.1, 0.15) is 6.42 Å². The molecule has 1 atom stereocenters. The van der Waals surface area contributed by atoms with Crippen molar-refractivity contribution in [1.29, 1.82) is 0 Å². The van der Waals surface area contributed by atoms with Gasteiger partial charge in [-0.2, -0.15) is 11.8 Å². The second kappa shape index (κ2) is 8.56. The molecule has 0 saturated heterocycles. The highest BCUT2D eigenvalue weighted by molar-refractivity contribution is 7.98. The van der Waals surface area contributed by atoms with Crippen LogP contribution < -0.4 is 5.73 Å². The molecule has 0 heterocycles. The molecule has 9 heavy (non-hydrogen) atoms. The number of nitrogens with two attached hydrogens (primary N) is 1. The summed E-state index contributed by atoms with van der Waals surface area (Å²) in [5.41, 5.74) is 5.40. The van der Waals surface area contributed by atoms with E-state index in [1.165, 1.54) is 0 Å². The third-order valence-corrected chi connectivity index (χ3v) is 1.57. The maximum absolute atomic E-state index is 8.43. The van der Waals surface area contributed by atoms with Crippen molar-refractivity contribution in [3.63, 3.8) is 0 Å². The summed E-state index contributed by atoms with van der Waals surface area (Å²) in [6, 6.07) is -0.0116. The van der Waals surface area contributed by atoms with Crippen molar-refractivity contribution in [1.82, 2.24) is 0 Å². The van der Waals surface area contributed by atoms with Gasteiger partial charge in [-0.15, -0.1) is 12.4 Å². The van der Waals surface area contributed by atoms with Crippen LogP contribution in [-0.4, -0.2) is 29.8 Å². The Morgan fingerprint density at radius 1 is 1.67 bits per heavy atom. The van der Waals surface area contributed by atoms with Gasteiger partial charge in [0.25, 0.3) is 0 Å². The molecule has 0 rings (SSSR count). The lowest BCUT2D eigenvalue weighted by Crippen LogP contribution is -2.24. The van der Waals surface area contributed by atoms with Crippen molar-refractivity contribution in [2.24, 2.45) is 5.73 Å². The molecule has 2 nitrogen and oxygen atoms in total. The molecule has 58 valence electrons. The maximum atomic E-state index is 8.43. The molecule has 0 aromatic carbocycles. The number of hydrogen-bond acceptors (Lipinski definition) is 3.